The first-order chi connectivity index (χ1) is 14.9. The van der Waals surface area contributed by atoms with Crippen molar-refractivity contribution in [2.45, 2.75) is 45.1 Å². The number of rotatable bonds is 4. The minimum atomic E-state index is -4.62. The van der Waals surface area contributed by atoms with E-state index in [1.165, 1.54) is 12.1 Å². The Kier molecular flexibility index (Phi) is 6.66. The SMILES string of the molecule is CC(C)(C)OC(=O)N1CCC(Oc2ccc(NC(=O)c3ccccc3C(F)(F)F)cc2)C1. The molecule has 6 nitrogen and oxygen atoms in total. The molecule has 1 atom stereocenters. The molecule has 2 aromatic carbocycles. The highest BCUT2D eigenvalue weighted by Gasteiger charge is 2.35. The molecule has 0 saturated carbocycles. The van der Waals surface area contributed by atoms with E-state index in [2.05, 4.69) is 5.32 Å². The average Bonchev–Trinajstić information content (AvgIpc) is 3.16. The van der Waals surface area contributed by atoms with Crippen molar-refractivity contribution >= 4 is 17.7 Å². The summed E-state index contributed by atoms with van der Waals surface area (Å²) in [7, 11) is 0. The van der Waals surface area contributed by atoms with Gasteiger partial charge in [0.2, 0.25) is 0 Å². The van der Waals surface area contributed by atoms with E-state index in [9.17, 15) is 22.8 Å². The molecule has 3 rings (SSSR count). The van der Waals surface area contributed by atoms with Crippen molar-refractivity contribution in [1.29, 1.82) is 0 Å². The Balaban J connectivity index is 1.57. The maximum absolute atomic E-state index is 13.1. The van der Waals surface area contributed by atoms with Crippen molar-refractivity contribution in [2.24, 2.45) is 0 Å². The fourth-order valence-electron chi connectivity index (χ4n) is 3.25. The van der Waals surface area contributed by atoms with Crippen LogP contribution in [-0.2, 0) is 10.9 Å². The predicted octanol–water partition coefficient (Wildman–Crippen LogP) is 5.35. The predicted molar refractivity (Wildman–Crippen MR) is 113 cm³/mol. The topological polar surface area (TPSA) is 67.9 Å². The number of alkyl halides is 3. The van der Waals surface area contributed by atoms with Crippen molar-refractivity contribution in [3.05, 3.63) is 59.7 Å². The molecular formula is C23H25F3N2O4. The largest absolute Gasteiger partial charge is 0.489 e. The average molecular weight is 450 g/mol. The summed E-state index contributed by atoms with van der Waals surface area (Å²) < 4.78 is 50.6. The fraction of sp³-hybridized carbons (Fsp3) is 0.391. The first-order valence-electron chi connectivity index (χ1n) is 10.1. The van der Waals surface area contributed by atoms with Crippen LogP contribution in [0.5, 0.6) is 5.75 Å². The summed E-state index contributed by atoms with van der Waals surface area (Å²) in [4.78, 5) is 26.1. The Labute approximate surface area is 184 Å². The number of ether oxygens (including phenoxy) is 2. The maximum Gasteiger partial charge on any atom is 0.417 e. The summed E-state index contributed by atoms with van der Waals surface area (Å²) in [6.07, 6.45) is -4.58. The molecule has 1 N–H and O–H groups in total. The van der Waals surface area contributed by atoms with Crippen LogP contribution in [0, 0.1) is 0 Å². The maximum atomic E-state index is 13.1. The van der Waals surface area contributed by atoms with Crippen molar-refractivity contribution in [3.8, 4) is 5.75 Å². The van der Waals surface area contributed by atoms with E-state index < -0.39 is 28.8 Å². The van der Waals surface area contributed by atoms with Crippen molar-refractivity contribution in [1.82, 2.24) is 4.90 Å². The van der Waals surface area contributed by atoms with E-state index in [4.69, 9.17) is 9.47 Å². The van der Waals surface area contributed by atoms with Crippen LogP contribution in [0.15, 0.2) is 48.5 Å². The Morgan fingerprint density at radius 2 is 1.69 bits per heavy atom. The Morgan fingerprint density at radius 1 is 1.03 bits per heavy atom. The van der Waals surface area contributed by atoms with Gasteiger partial charge in [-0.25, -0.2) is 4.79 Å². The lowest BCUT2D eigenvalue weighted by Gasteiger charge is -2.24. The summed E-state index contributed by atoms with van der Waals surface area (Å²) in [5.41, 5.74) is -1.68. The molecule has 1 aliphatic rings. The molecule has 9 heteroatoms. The van der Waals surface area contributed by atoms with E-state index in [0.717, 1.165) is 12.1 Å². The number of hydrogen-bond acceptors (Lipinski definition) is 4. The minimum absolute atomic E-state index is 0.207. The minimum Gasteiger partial charge on any atom is -0.489 e. The van der Waals surface area contributed by atoms with Gasteiger partial charge in [0.1, 0.15) is 17.5 Å². The molecular weight excluding hydrogens is 425 g/mol. The number of nitrogens with zero attached hydrogens (tertiary/aromatic N) is 1. The second-order valence-electron chi connectivity index (χ2n) is 8.48. The van der Waals surface area contributed by atoms with Gasteiger partial charge >= 0.3 is 12.3 Å². The molecule has 0 spiro atoms. The van der Waals surface area contributed by atoms with Gasteiger partial charge in [0, 0.05) is 18.7 Å². The van der Waals surface area contributed by atoms with Crippen molar-refractivity contribution in [3.63, 3.8) is 0 Å². The van der Waals surface area contributed by atoms with Crippen LogP contribution in [0.2, 0.25) is 0 Å². The molecule has 0 bridgehead atoms. The summed E-state index contributed by atoms with van der Waals surface area (Å²) in [5, 5.41) is 2.47. The van der Waals surface area contributed by atoms with Crippen molar-refractivity contribution < 1.29 is 32.2 Å². The third-order valence-corrected chi connectivity index (χ3v) is 4.69. The number of benzene rings is 2. The van der Waals surface area contributed by atoms with Crippen LogP contribution < -0.4 is 10.1 Å². The van der Waals surface area contributed by atoms with Gasteiger partial charge in [-0.1, -0.05) is 12.1 Å². The number of nitrogens with one attached hydrogen (secondary N) is 1. The third-order valence-electron chi connectivity index (χ3n) is 4.69. The molecule has 1 fully saturated rings. The summed E-state index contributed by atoms with van der Waals surface area (Å²) in [6.45, 7) is 6.32. The number of likely N-dealkylation sites (tertiary alicyclic amines) is 1. The number of hydrogen-bond donors (Lipinski definition) is 1. The molecule has 0 aromatic heterocycles. The monoisotopic (exact) mass is 450 g/mol. The molecule has 1 aliphatic heterocycles. The van der Waals surface area contributed by atoms with Crippen molar-refractivity contribution in [2.75, 3.05) is 18.4 Å². The molecule has 0 radical (unpaired) electrons. The Morgan fingerprint density at radius 3 is 2.31 bits per heavy atom. The van der Waals surface area contributed by atoms with Gasteiger partial charge < -0.3 is 19.7 Å². The molecule has 1 saturated heterocycles. The normalized spacial score (nSPS) is 16.6. The second-order valence-corrected chi connectivity index (χ2v) is 8.48. The standard InChI is InChI=1S/C23H25F3N2O4/c1-22(2,3)32-21(30)28-13-12-17(14-28)31-16-10-8-15(9-11-16)27-20(29)18-6-4-5-7-19(18)23(24,25)26/h4-11,17H,12-14H2,1-3H3,(H,27,29). The smallest absolute Gasteiger partial charge is 0.417 e. The quantitative estimate of drug-likeness (QED) is 0.682. The molecule has 1 unspecified atom stereocenters. The van der Waals surface area contributed by atoms with Gasteiger partial charge in [-0.15, -0.1) is 0 Å². The second kappa shape index (κ2) is 9.10. The number of carbonyl (C=O) groups is 2. The summed E-state index contributed by atoms with van der Waals surface area (Å²) >= 11 is 0. The van der Waals surface area contributed by atoms with Crippen LogP contribution in [0.25, 0.3) is 0 Å². The first kappa shape index (κ1) is 23.4. The number of halogens is 3. The zero-order valence-corrected chi connectivity index (χ0v) is 18.0. The molecule has 32 heavy (non-hydrogen) atoms. The lowest BCUT2D eigenvalue weighted by atomic mass is 10.1. The van der Waals surface area contributed by atoms with Gasteiger partial charge in [0.15, 0.2) is 0 Å². The number of carbonyl (C=O) groups excluding carboxylic acids is 2. The highest BCUT2D eigenvalue weighted by molar-refractivity contribution is 6.05. The highest BCUT2D eigenvalue weighted by atomic mass is 19.4. The van der Waals surface area contributed by atoms with Crippen LogP contribution in [0.1, 0.15) is 43.1 Å². The van der Waals surface area contributed by atoms with E-state index >= 15 is 0 Å². The zero-order chi connectivity index (χ0) is 23.5. The van der Waals surface area contributed by atoms with Gasteiger partial charge in [-0.2, -0.15) is 13.2 Å². The molecule has 2 amide bonds. The van der Waals surface area contributed by atoms with Crippen LogP contribution in [0.4, 0.5) is 23.7 Å². The lowest BCUT2D eigenvalue weighted by molar-refractivity contribution is -0.137. The first-order valence-corrected chi connectivity index (χ1v) is 10.1. The van der Waals surface area contributed by atoms with Gasteiger partial charge in [-0.3, -0.25) is 4.79 Å². The van der Waals surface area contributed by atoms with Gasteiger partial charge in [0.05, 0.1) is 17.7 Å². The molecule has 172 valence electrons. The molecule has 1 heterocycles. The van der Waals surface area contributed by atoms with Crippen LogP contribution >= 0.6 is 0 Å². The van der Waals surface area contributed by atoms with E-state index in [0.29, 0.717) is 30.9 Å². The number of anilines is 1. The molecule has 0 aliphatic carbocycles. The Bertz CT molecular complexity index is 968. The van der Waals surface area contributed by atoms with E-state index in [1.54, 1.807) is 49.9 Å². The fourth-order valence-corrected chi connectivity index (χ4v) is 3.25. The summed E-state index contributed by atoms with van der Waals surface area (Å²) in [6, 6.07) is 10.9. The van der Waals surface area contributed by atoms with E-state index in [-0.39, 0.29) is 12.2 Å². The zero-order valence-electron chi connectivity index (χ0n) is 18.0. The van der Waals surface area contributed by atoms with Gasteiger partial charge in [0.25, 0.3) is 5.91 Å². The molecule has 2 aromatic rings. The van der Waals surface area contributed by atoms with Crippen LogP contribution in [-0.4, -0.2) is 41.7 Å². The highest BCUT2D eigenvalue weighted by Crippen LogP contribution is 2.32. The Hall–Kier alpha value is -3.23. The number of amides is 2. The lowest BCUT2D eigenvalue weighted by Crippen LogP contribution is -2.36. The van der Waals surface area contributed by atoms with Crippen LogP contribution in [0.3, 0.4) is 0 Å². The van der Waals surface area contributed by atoms with E-state index in [1.807, 2.05) is 0 Å². The van der Waals surface area contributed by atoms with Gasteiger partial charge in [-0.05, 0) is 57.2 Å². The summed E-state index contributed by atoms with van der Waals surface area (Å²) in [5.74, 6) is -0.329. The third kappa shape index (κ3) is 6.15.